The van der Waals surface area contributed by atoms with E-state index in [1.54, 1.807) is 7.05 Å². The Morgan fingerprint density at radius 1 is 1.07 bits per heavy atom. The number of halogens is 2. The Morgan fingerprint density at radius 3 is 2.53 bits per heavy atom. The maximum Gasteiger partial charge on any atom is 0.191 e. The van der Waals surface area contributed by atoms with Gasteiger partial charge in [-0.1, -0.05) is 24.3 Å². The summed E-state index contributed by atoms with van der Waals surface area (Å²) in [4.78, 5) is 8.56. The summed E-state index contributed by atoms with van der Waals surface area (Å²) in [7, 11) is 1.74. The van der Waals surface area contributed by atoms with E-state index in [0.29, 0.717) is 31.3 Å². The zero-order chi connectivity index (χ0) is 20.9. The van der Waals surface area contributed by atoms with Gasteiger partial charge in [-0.2, -0.15) is 0 Å². The van der Waals surface area contributed by atoms with Crippen LogP contribution in [0.4, 0.5) is 20.2 Å². The maximum atomic E-state index is 14.0. The van der Waals surface area contributed by atoms with Crippen molar-refractivity contribution in [2.45, 2.75) is 19.0 Å². The molecule has 1 fully saturated rings. The molecule has 2 aliphatic rings. The molecule has 0 spiro atoms. The monoisotopic (exact) mass is 411 g/mol. The van der Waals surface area contributed by atoms with Gasteiger partial charge < -0.3 is 20.4 Å². The van der Waals surface area contributed by atoms with E-state index in [1.807, 2.05) is 4.90 Å². The lowest BCUT2D eigenvalue weighted by Crippen LogP contribution is -2.44. The number of nitrogens with zero attached hydrogens (tertiary/aromatic N) is 3. The second-order valence-corrected chi connectivity index (χ2v) is 7.64. The Labute approximate surface area is 176 Å². The predicted octanol–water partition coefficient (Wildman–Crippen LogP) is 3.28. The lowest BCUT2D eigenvalue weighted by molar-refractivity contribution is 0.580. The van der Waals surface area contributed by atoms with E-state index in [9.17, 15) is 8.78 Å². The minimum absolute atomic E-state index is 0.144. The number of hydrogen-bond acceptors (Lipinski definition) is 3. The SMILES string of the molecule is CN=C(NCc1ccc(N2CC=CC2)cc1)NC1CCN(c2ccc(F)cc2F)C1. The number of guanidine groups is 1. The average molecular weight is 412 g/mol. The average Bonchev–Trinajstić information content (AvgIpc) is 3.44. The molecule has 2 aromatic rings. The van der Waals surface area contributed by atoms with E-state index < -0.39 is 11.6 Å². The van der Waals surface area contributed by atoms with Crippen LogP contribution in [0.3, 0.4) is 0 Å². The molecule has 2 heterocycles. The van der Waals surface area contributed by atoms with Gasteiger partial charge in [0.1, 0.15) is 11.6 Å². The Hall–Kier alpha value is -3.09. The van der Waals surface area contributed by atoms with Crippen molar-refractivity contribution >= 4 is 17.3 Å². The van der Waals surface area contributed by atoms with Gasteiger partial charge >= 0.3 is 0 Å². The first-order chi connectivity index (χ1) is 14.6. The van der Waals surface area contributed by atoms with Crippen molar-refractivity contribution in [2.24, 2.45) is 4.99 Å². The molecule has 0 aromatic heterocycles. The Bertz CT molecular complexity index is 918. The Balaban J connectivity index is 1.28. The molecular weight excluding hydrogens is 384 g/mol. The molecule has 4 rings (SSSR count). The molecule has 1 saturated heterocycles. The molecule has 30 heavy (non-hydrogen) atoms. The first-order valence-electron chi connectivity index (χ1n) is 10.3. The highest BCUT2D eigenvalue weighted by molar-refractivity contribution is 5.80. The van der Waals surface area contributed by atoms with Crippen molar-refractivity contribution in [3.05, 3.63) is 71.8 Å². The first-order valence-corrected chi connectivity index (χ1v) is 10.3. The van der Waals surface area contributed by atoms with E-state index in [0.717, 1.165) is 25.6 Å². The van der Waals surface area contributed by atoms with E-state index in [4.69, 9.17) is 0 Å². The van der Waals surface area contributed by atoms with Crippen LogP contribution >= 0.6 is 0 Å². The molecule has 158 valence electrons. The Morgan fingerprint density at radius 2 is 1.83 bits per heavy atom. The van der Waals surface area contributed by atoms with Crippen LogP contribution in [0.1, 0.15) is 12.0 Å². The third-order valence-corrected chi connectivity index (χ3v) is 5.58. The molecule has 0 radical (unpaired) electrons. The number of hydrogen-bond donors (Lipinski definition) is 2. The molecular formula is C23H27F2N5. The molecule has 1 unspecified atom stereocenters. The number of aliphatic imine (C=N–C) groups is 1. The van der Waals surface area contributed by atoms with Crippen molar-refractivity contribution in [1.29, 1.82) is 0 Å². The van der Waals surface area contributed by atoms with Gasteiger partial charge in [-0.05, 0) is 36.2 Å². The van der Waals surface area contributed by atoms with Crippen LogP contribution in [0, 0.1) is 11.6 Å². The van der Waals surface area contributed by atoms with Crippen molar-refractivity contribution in [3.63, 3.8) is 0 Å². The molecule has 2 aliphatic heterocycles. The fraction of sp³-hybridized carbons (Fsp3) is 0.348. The van der Waals surface area contributed by atoms with E-state index >= 15 is 0 Å². The normalized spacial score (nSPS) is 18.9. The summed E-state index contributed by atoms with van der Waals surface area (Å²) in [6.45, 7) is 3.95. The molecule has 7 heteroatoms. The fourth-order valence-electron chi connectivity index (χ4n) is 3.92. The van der Waals surface area contributed by atoms with Gasteiger partial charge in [0.25, 0.3) is 0 Å². The third kappa shape index (κ3) is 4.72. The summed E-state index contributed by atoms with van der Waals surface area (Å²) in [5.74, 6) is -0.361. The van der Waals surface area contributed by atoms with E-state index in [2.05, 4.69) is 56.9 Å². The topological polar surface area (TPSA) is 42.9 Å². The Kier molecular flexibility index (Phi) is 6.16. The zero-order valence-electron chi connectivity index (χ0n) is 17.1. The summed E-state index contributed by atoms with van der Waals surface area (Å²) < 4.78 is 27.2. The first kappa shape index (κ1) is 20.2. The highest BCUT2D eigenvalue weighted by Crippen LogP contribution is 2.24. The van der Waals surface area contributed by atoms with Gasteiger partial charge in [0.2, 0.25) is 0 Å². The summed E-state index contributed by atoms with van der Waals surface area (Å²) in [6.07, 6.45) is 5.22. The second-order valence-electron chi connectivity index (χ2n) is 7.64. The highest BCUT2D eigenvalue weighted by Gasteiger charge is 2.25. The number of nitrogens with one attached hydrogen (secondary N) is 2. The van der Waals surface area contributed by atoms with Gasteiger partial charge in [-0.25, -0.2) is 8.78 Å². The smallest absolute Gasteiger partial charge is 0.191 e. The molecule has 1 atom stereocenters. The fourth-order valence-corrected chi connectivity index (χ4v) is 3.92. The lowest BCUT2D eigenvalue weighted by Gasteiger charge is -2.21. The van der Waals surface area contributed by atoms with Gasteiger partial charge in [0.15, 0.2) is 5.96 Å². The predicted molar refractivity (Wildman–Crippen MR) is 118 cm³/mol. The summed E-state index contributed by atoms with van der Waals surface area (Å²) in [5.41, 5.74) is 2.84. The molecule has 2 aromatic carbocycles. The maximum absolute atomic E-state index is 14.0. The summed E-state index contributed by atoms with van der Waals surface area (Å²) in [6, 6.07) is 12.4. The van der Waals surface area contributed by atoms with Crippen molar-refractivity contribution < 1.29 is 8.78 Å². The van der Waals surface area contributed by atoms with Crippen molar-refractivity contribution in [3.8, 4) is 0 Å². The van der Waals surface area contributed by atoms with Gasteiger partial charge in [-0.15, -0.1) is 0 Å². The van der Waals surface area contributed by atoms with Crippen LogP contribution < -0.4 is 20.4 Å². The summed E-state index contributed by atoms with van der Waals surface area (Å²) >= 11 is 0. The summed E-state index contributed by atoms with van der Waals surface area (Å²) in [5, 5.41) is 6.75. The third-order valence-electron chi connectivity index (χ3n) is 5.58. The minimum Gasteiger partial charge on any atom is -0.367 e. The molecule has 0 bridgehead atoms. The van der Waals surface area contributed by atoms with Crippen LogP contribution in [-0.2, 0) is 6.54 Å². The van der Waals surface area contributed by atoms with E-state index in [1.165, 1.54) is 23.4 Å². The van der Waals surface area contributed by atoms with Crippen molar-refractivity contribution in [2.75, 3.05) is 43.0 Å². The van der Waals surface area contributed by atoms with E-state index in [-0.39, 0.29) is 6.04 Å². The van der Waals surface area contributed by atoms with Gasteiger partial charge in [-0.3, -0.25) is 4.99 Å². The lowest BCUT2D eigenvalue weighted by atomic mass is 10.2. The van der Waals surface area contributed by atoms with Crippen LogP contribution in [-0.4, -0.2) is 45.2 Å². The van der Waals surface area contributed by atoms with Gasteiger partial charge in [0, 0.05) is 57.6 Å². The van der Waals surface area contributed by atoms with Crippen LogP contribution in [0.15, 0.2) is 59.6 Å². The number of anilines is 2. The number of benzene rings is 2. The van der Waals surface area contributed by atoms with Gasteiger partial charge in [0.05, 0.1) is 5.69 Å². The van der Waals surface area contributed by atoms with Crippen molar-refractivity contribution in [1.82, 2.24) is 10.6 Å². The van der Waals surface area contributed by atoms with Crippen LogP contribution in [0.25, 0.3) is 0 Å². The molecule has 0 saturated carbocycles. The van der Waals surface area contributed by atoms with Crippen LogP contribution in [0.2, 0.25) is 0 Å². The molecule has 0 aliphatic carbocycles. The minimum atomic E-state index is -0.556. The largest absolute Gasteiger partial charge is 0.367 e. The standard InChI is InChI=1S/C23H27F2N5/c1-26-23(27-15-17-4-7-20(8-5-17)29-11-2-3-12-29)28-19-10-13-30(16-19)22-9-6-18(24)14-21(22)25/h2-9,14,19H,10-13,15-16H2,1H3,(H2,26,27,28). The van der Waals surface area contributed by atoms with Crippen LogP contribution in [0.5, 0.6) is 0 Å². The molecule has 5 nitrogen and oxygen atoms in total. The molecule has 0 amide bonds. The number of rotatable bonds is 5. The zero-order valence-corrected chi connectivity index (χ0v) is 17.1. The quantitative estimate of drug-likeness (QED) is 0.450. The molecule has 2 N–H and O–H groups in total. The highest BCUT2D eigenvalue weighted by atomic mass is 19.1. The second kappa shape index (κ2) is 9.15.